The molecule has 1 heterocycles. The summed E-state index contributed by atoms with van der Waals surface area (Å²) in [5.41, 5.74) is 5.28. The first-order chi connectivity index (χ1) is 8.17. The van der Waals surface area contributed by atoms with Gasteiger partial charge in [-0.25, -0.2) is 8.42 Å². The second kappa shape index (κ2) is 5.44. The number of rotatable bonds is 3. The average Bonchev–Trinajstić information content (AvgIpc) is 2.25. The van der Waals surface area contributed by atoms with Crippen LogP contribution in [0, 0.1) is 5.41 Å². The molecule has 1 rings (SSSR count). The van der Waals surface area contributed by atoms with Crippen LogP contribution in [0.1, 0.15) is 40.0 Å². The highest BCUT2D eigenvalue weighted by atomic mass is 32.2. The van der Waals surface area contributed by atoms with Gasteiger partial charge in [0, 0.05) is 6.54 Å². The second-order valence-electron chi connectivity index (χ2n) is 5.96. The molecular weight excluding hydrogens is 254 g/mol. The number of piperidine rings is 1. The molecule has 6 nitrogen and oxygen atoms in total. The molecule has 0 spiro atoms. The molecule has 1 atom stereocenters. The summed E-state index contributed by atoms with van der Waals surface area (Å²) < 4.78 is 26.1. The average molecular weight is 277 g/mol. The van der Waals surface area contributed by atoms with E-state index in [0.29, 0.717) is 13.0 Å². The van der Waals surface area contributed by atoms with Gasteiger partial charge in [0.1, 0.15) is 0 Å². The van der Waals surface area contributed by atoms with Crippen molar-refractivity contribution in [3.05, 3.63) is 0 Å². The van der Waals surface area contributed by atoms with Crippen LogP contribution in [0.4, 0.5) is 0 Å². The first-order valence-electron chi connectivity index (χ1n) is 6.14. The van der Waals surface area contributed by atoms with E-state index in [1.54, 1.807) is 0 Å². The molecule has 0 aromatic heterocycles. The molecule has 1 aliphatic rings. The van der Waals surface area contributed by atoms with Gasteiger partial charge in [0.2, 0.25) is 10.0 Å². The van der Waals surface area contributed by atoms with Gasteiger partial charge in [0.05, 0.1) is 11.8 Å². The van der Waals surface area contributed by atoms with Crippen LogP contribution in [0.15, 0.2) is 5.16 Å². The Morgan fingerprint density at radius 2 is 2.06 bits per heavy atom. The van der Waals surface area contributed by atoms with Crippen molar-refractivity contribution < 1.29 is 13.6 Å². The first kappa shape index (κ1) is 15.2. The van der Waals surface area contributed by atoms with Crippen LogP contribution in [0.5, 0.6) is 0 Å². The molecule has 0 aliphatic carbocycles. The van der Waals surface area contributed by atoms with Crippen LogP contribution in [-0.2, 0) is 10.0 Å². The molecule has 0 radical (unpaired) electrons. The molecule has 1 fully saturated rings. The summed E-state index contributed by atoms with van der Waals surface area (Å²) in [4.78, 5) is 0. The molecule has 106 valence electrons. The van der Waals surface area contributed by atoms with E-state index in [4.69, 9.17) is 10.9 Å². The van der Waals surface area contributed by atoms with Crippen LogP contribution in [-0.4, -0.2) is 42.1 Å². The van der Waals surface area contributed by atoms with Crippen molar-refractivity contribution in [3.8, 4) is 0 Å². The van der Waals surface area contributed by atoms with Gasteiger partial charge in [0.25, 0.3) is 0 Å². The van der Waals surface area contributed by atoms with Crippen LogP contribution < -0.4 is 5.73 Å². The summed E-state index contributed by atoms with van der Waals surface area (Å²) in [6.07, 6.45) is 2.32. The summed E-state index contributed by atoms with van der Waals surface area (Å²) >= 11 is 0. The standard InChI is InChI=1S/C11H23N3O3S/c1-11(2,3)8-18(16,17)14-7-5-4-6-9(14)10(12)13-15/h9,15H,4-8H2,1-3H3,(H2,12,13). The maximum atomic E-state index is 12.4. The van der Waals surface area contributed by atoms with E-state index in [0.717, 1.165) is 12.8 Å². The van der Waals surface area contributed by atoms with Crippen molar-refractivity contribution in [2.24, 2.45) is 16.3 Å². The van der Waals surface area contributed by atoms with Crippen LogP contribution in [0.2, 0.25) is 0 Å². The monoisotopic (exact) mass is 277 g/mol. The summed E-state index contributed by atoms with van der Waals surface area (Å²) in [5.74, 6) is 0.0436. The van der Waals surface area contributed by atoms with Crippen LogP contribution in [0.3, 0.4) is 0 Å². The van der Waals surface area contributed by atoms with Gasteiger partial charge in [0.15, 0.2) is 5.84 Å². The maximum absolute atomic E-state index is 12.4. The third kappa shape index (κ3) is 3.84. The van der Waals surface area contributed by atoms with Gasteiger partial charge in [-0.3, -0.25) is 0 Å². The van der Waals surface area contributed by atoms with Crippen molar-refractivity contribution in [1.82, 2.24) is 4.31 Å². The van der Waals surface area contributed by atoms with Crippen molar-refractivity contribution in [2.45, 2.75) is 46.1 Å². The zero-order valence-electron chi connectivity index (χ0n) is 11.3. The molecule has 7 heteroatoms. The highest BCUT2D eigenvalue weighted by Crippen LogP contribution is 2.25. The molecule has 18 heavy (non-hydrogen) atoms. The van der Waals surface area contributed by atoms with Crippen LogP contribution in [0.25, 0.3) is 0 Å². The molecule has 1 saturated heterocycles. The summed E-state index contributed by atoms with van der Waals surface area (Å²) in [6, 6.07) is -0.504. The third-order valence-electron chi connectivity index (χ3n) is 2.88. The topological polar surface area (TPSA) is 96.0 Å². The largest absolute Gasteiger partial charge is 0.409 e. The normalized spacial score (nSPS) is 24.2. The predicted octanol–water partition coefficient (Wildman–Crippen LogP) is 0.963. The highest BCUT2D eigenvalue weighted by Gasteiger charge is 2.36. The zero-order valence-corrected chi connectivity index (χ0v) is 12.1. The summed E-state index contributed by atoms with van der Waals surface area (Å²) in [5, 5.41) is 11.7. The Balaban J connectivity index is 2.97. The lowest BCUT2D eigenvalue weighted by Crippen LogP contribution is -2.52. The van der Waals surface area contributed by atoms with Crippen molar-refractivity contribution in [2.75, 3.05) is 12.3 Å². The molecule has 0 aromatic carbocycles. The number of oxime groups is 1. The summed E-state index contributed by atoms with van der Waals surface area (Å²) in [7, 11) is -3.38. The Kier molecular flexibility index (Phi) is 4.61. The fourth-order valence-electron chi connectivity index (χ4n) is 2.23. The molecule has 0 bridgehead atoms. The van der Waals surface area contributed by atoms with E-state index in [2.05, 4.69) is 5.16 Å². The Hall–Kier alpha value is -0.820. The number of hydrogen-bond donors (Lipinski definition) is 2. The van der Waals surface area contributed by atoms with E-state index >= 15 is 0 Å². The number of nitrogens with two attached hydrogens (primary N) is 1. The minimum atomic E-state index is -3.38. The molecule has 1 unspecified atom stereocenters. The number of nitrogens with zero attached hydrogens (tertiary/aromatic N) is 2. The zero-order chi connectivity index (χ0) is 14.0. The Morgan fingerprint density at radius 1 is 1.44 bits per heavy atom. The second-order valence-corrected chi connectivity index (χ2v) is 7.89. The molecule has 0 amide bonds. The molecular formula is C11H23N3O3S. The van der Waals surface area contributed by atoms with E-state index < -0.39 is 16.1 Å². The van der Waals surface area contributed by atoms with Gasteiger partial charge >= 0.3 is 0 Å². The smallest absolute Gasteiger partial charge is 0.215 e. The molecule has 0 saturated carbocycles. The van der Waals surface area contributed by atoms with Crippen LogP contribution >= 0.6 is 0 Å². The molecule has 3 N–H and O–H groups in total. The van der Waals surface area contributed by atoms with Gasteiger partial charge < -0.3 is 10.9 Å². The first-order valence-corrected chi connectivity index (χ1v) is 7.75. The molecule has 0 aromatic rings. The number of hydrogen-bond acceptors (Lipinski definition) is 4. The Labute approximate surface area is 109 Å². The number of sulfonamides is 1. The summed E-state index contributed by atoms with van der Waals surface area (Å²) in [6.45, 7) is 6.09. The number of amidine groups is 1. The Bertz CT molecular complexity index is 412. The van der Waals surface area contributed by atoms with Gasteiger partial charge in [-0.05, 0) is 18.3 Å². The minimum Gasteiger partial charge on any atom is -0.409 e. The maximum Gasteiger partial charge on any atom is 0.215 e. The molecule has 1 aliphatic heterocycles. The third-order valence-corrected chi connectivity index (χ3v) is 5.27. The highest BCUT2D eigenvalue weighted by molar-refractivity contribution is 7.89. The SMILES string of the molecule is CC(C)(C)CS(=O)(=O)N1CCCCC1C(N)=NO. The van der Waals surface area contributed by atoms with E-state index in [9.17, 15) is 8.42 Å². The van der Waals surface area contributed by atoms with E-state index in [1.165, 1.54) is 4.31 Å². The van der Waals surface area contributed by atoms with Gasteiger partial charge in [-0.15, -0.1) is 0 Å². The lowest BCUT2D eigenvalue weighted by Gasteiger charge is -2.35. The van der Waals surface area contributed by atoms with Crippen molar-refractivity contribution >= 4 is 15.9 Å². The van der Waals surface area contributed by atoms with E-state index in [-0.39, 0.29) is 17.0 Å². The lowest BCUT2D eigenvalue weighted by atomic mass is 10.0. The van der Waals surface area contributed by atoms with E-state index in [1.807, 2.05) is 20.8 Å². The predicted molar refractivity (Wildman–Crippen MR) is 71.0 cm³/mol. The minimum absolute atomic E-state index is 0.0211. The Morgan fingerprint density at radius 3 is 2.56 bits per heavy atom. The fourth-order valence-corrected chi connectivity index (χ4v) is 4.50. The van der Waals surface area contributed by atoms with Crippen molar-refractivity contribution in [3.63, 3.8) is 0 Å². The fraction of sp³-hybridized carbons (Fsp3) is 0.909. The van der Waals surface area contributed by atoms with Gasteiger partial charge in [-0.1, -0.05) is 32.3 Å². The quantitative estimate of drug-likeness (QED) is 0.347. The van der Waals surface area contributed by atoms with Gasteiger partial charge in [-0.2, -0.15) is 4.31 Å². The van der Waals surface area contributed by atoms with Crippen molar-refractivity contribution in [1.29, 1.82) is 0 Å². The lowest BCUT2D eigenvalue weighted by molar-refractivity contribution is 0.278.